The van der Waals surface area contributed by atoms with Gasteiger partial charge in [0.05, 0.1) is 24.4 Å². The Hall–Kier alpha value is -3.46. The summed E-state index contributed by atoms with van der Waals surface area (Å²) in [6.07, 6.45) is -18.8. The van der Waals surface area contributed by atoms with Crippen molar-refractivity contribution in [2.75, 3.05) is 13.1 Å². The van der Waals surface area contributed by atoms with Crippen LogP contribution in [0.1, 0.15) is 35.1 Å². The van der Waals surface area contributed by atoms with Gasteiger partial charge in [0.1, 0.15) is 6.42 Å². The molecule has 1 saturated heterocycles. The summed E-state index contributed by atoms with van der Waals surface area (Å²) < 4.78 is 161. The number of hydrogen-bond acceptors (Lipinski definition) is 3. The van der Waals surface area contributed by atoms with Gasteiger partial charge in [-0.15, -0.1) is 0 Å². The molecular weight excluding hydrogens is 564 g/mol. The van der Waals surface area contributed by atoms with E-state index < -0.39 is 90.1 Å². The fraction of sp³-hybridized carbons (Fsp3) is 0.391. The number of oxime groups is 1. The van der Waals surface area contributed by atoms with E-state index in [1.165, 1.54) is 0 Å². The molecule has 0 aromatic heterocycles. The van der Waals surface area contributed by atoms with Crippen molar-refractivity contribution in [3.05, 3.63) is 70.3 Å². The van der Waals surface area contributed by atoms with Crippen molar-refractivity contribution < 1.29 is 62.3 Å². The van der Waals surface area contributed by atoms with Gasteiger partial charge in [-0.25, -0.2) is 13.2 Å². The van der Waals surface area contributed by atoms with Crippen LogP contribution in [0, 0.1) is 11.6 Å². The molecule has 1 amide bonds. The van der Waals surface area contributed by atoms with Crippen molar-refractivity contribution in [2.24, 2.45) is 5.16 Å². The topological polar surface area (TPSA) is 41.9 Å². The lowest BCUT2D eigenvalue weighted by atomic mass is 9.84. The van der Waals surface area contributed by atoms with E-state index >= 15 is 4.39 Å². The van der Waals surface area contributed by atoms with Crippen LogP contribution in [0.15, 0.2) is 41.6 Å². The first-order valence-corrected chi connectivity index (χ1v) is 10.8. The van der Waals surface area contributed by atoms with Crippen LogP contribution in [0.2, 0.25) is 0 Å². The number of hydrogen-bond donors (Lipinski definition) is 0. The largest absolute Gasteiger partial charge is 0.435 e. The summed E-state index contributed by atoms with van der Waals surface area (Å²) in [6, 6.07) is 4.03. The summed E-state index contributed by atoms with van der Waals surface area (Å²) in [4.78, 5) is 16.7. The lowest BCUT2D eigenvalue weighted by Crippen LogP contribution is -2.59. The molecule has 1 fully saturated rings. The van der Waals surface area contributed by atoms with Crippen molar-refractivity contribution in [2.45, 2.75) is 42.6 Å². The Bertz CT molecular complexity index is 1310. The molecule has 0 spiro atoms. The quantitative estimate of drug-likeness (QED) is 0.388. The van der Waals surface area contributed by atoms with E-state index in [-0.39, 0.29) is 23.3 Å². The molecule has 0 aliphatic carbocycles. The molecule has 4 nitrogen and oxygen atoms in total. The Morgan fingerprint density at radius 3 is 2.03 bits per heavy atom. The van der Waals surface area contributed by atoms with E-state index in [0.717, 1.165) is 24.3 Å². The molecule has 0 bridgehead atoms. The lowest BCUT2D eigenvalue weighted by molar-refractivity contribution is -0.276. The predicted molar refractivity (Wildman–Crippen MR) is 108 cm³/mol. The average molecular weight is 578 g/mol. The number of halogens is 12. The van der Waals surface area contributed by atoms with Crippen LogP contribution in [0.4, 0.5) is 52.7 Å². The van der Waals surface area contributed by atoms with Gasteiger partial charge in [-0.1, -0.05) is 29.4 Å². The number of carbonyl (C=O) groups excluding carboxylic acids is 1. The maximum atomic E-state index is 15.1. The Balaban J connectivity index is 1.56. The second-order valence-corrected chi connectivity index (χ2v) is 9.03. The van der Waals surface area contributed by atoms with Crippen molar-refractivity contribution in [1.29, 1.82) is 0 Å². The summed E-state index contributed by atoms with van der Waals surface area (Å²) >= 11 is 0. The maximum Gasteiger partial charge on any atom is 0.435 e. The monoisotopic (exact) mass is 578 g/mol. The van der Waals surface area contributed by atoms with Crippen LogP contribution >= 0.6 is 0 Å². The van der Waals surface area contributed by atoms with Gasteiger partial charge in [0.2, 0.25) is 5.91 Å². The molecule has 39 heavy (non-hydrogen) atoms. The standard InChI is InChI=1S/C23H14F12N2O2/c24-15-6-13(5-14(18(15)25)22(30,31)32)20(23(33,34)35)7-16(36-39-20)11-1-3-12(4-2-11)19(26)9-37(10-19)17(38)8-21(27,28)29/h1-6H,7-10H2. The first-order valence-electron chi connectivity index (χ1n) is 10.8. The number of amides is 1. The van der Waals surface area contributed by atoms with E-state index in [4.69, 9.17) is 0 Å². The minimum absolute atomic E-state index is 0.0745. The number of alkyl halides is 10. The third-order valence-corrected chi connectivity index (χ3v) is 6.31. The summed E-state index contributed by atoms with van der Waals surface area (Å²) in [5.74, 6) is -5.92. The van der Waals surface area contributed by atoms with Gasteiger partial charge in [0.25, 0.3) is 5.60 Å². The molecule has 4 rings (SSSR count). The highest BCUT2D eigenvalue weighted by Gasteiger charge is 2.63. The molecule has 2 aliphatic rings. The van der Waals surface area contributed by atoms with Gasteiger partial charge in [0, 0.05) is 12.0 Å². The van der Waals surface area contributed by atoms with E-state index in [0.29, 0.717) is 4.90 Å². The molecule has 2 heterocycles. The van der Waals surface area contributed by atoms with Gasteiger partial charge in [0.15, 0.2) is 17.3 Å². The molecular formula is C23H14F12N2O2. The fourth-order valence-corrected chi connectivity index (χ4v) is 4.25. The molecule has 2 aromatic carbocycles. The number of carbonyl (C=O) groups is 1. The zero-order chi connectivity index (χ0) is 29.2. The molecule has 16 heteroatoms. The summed E-state index contributed by atoms with van der Waals surface area (Å²) in [7, 11) is 0. The number of nitrogens with zero attached hydrogens (tertiary/aromatic N) is 2. The molecule has 1 unspecified atom stereocenters. The Morgan fingerprint density at radius 1 is 0.923 bits per heavy atom. The molecule has 2 aromatic rings. The SMILES string of the molecule is O=C(CC(F)(F)F)N1CC(F)(c2ccc(C3=NOC(c4cc(F)c(F)c(C(F)(F)F)c4)(C(F)(F)F)C3)cc2)C1. The second kappa shape index (κ2) is 9.05. The maximum absolute atomic E-state index is 15.1. The van der Waals surface area contributed by atoms with Crippen molar-refractivity contribution in [3.8, 4) is 0 Å². The third kappa shape index (κ3) is 5.24. The highest BCUT2D eigenvalue weighted by Crippen LogP contribution is 2.50. The van der Waals surface area contributed by atoms with Crippen molar-refractivity contribution in [1.82, 2.24) is 4.90 Å². The smallest absolute Gasteiger partial charge is 0.374 e. The second-order valence-electron chi connectivity index (χ2n) is 9.03. The predicted octanol–water partition coefficient (Wildman–Crippen LogP) is 6.53. The minimum Gasteiger partial charge on any atom is -0.374 e. The van der Waals surface area contributed by atoms with E-state index in [9.17, 15) is 53.1 Å². The first-order chi connectivity index (χ1) is 17.8. The van der Waals surface area contributed by atoms with Gasteiger partial charge < -0.3 is 9.74 Å². The van der Waals surface area contributed by atoms with Gasteiger partial charge in [-0.2, -0.15) is 39.5 Å². The minimum atomic E-state index is -5.53. The molecule has 212 valence electrons. The Kier molecular flexibility index (Phi) is 6.62. The van der Waals surface area contributed by atoms with Crippen molar-refractivity contribution in [3.63, 3.8) is 0 Å². The zero-order valence-electron chi connectivity index (χ0n) is 19.0. The highest BCUT2D eigenvalue weighted by atomic mass is 19.4. The normalized spacial score (nSPS) is 21.3. The Morgan fingerprint density at radius 2 is 1.51 bits per heavy atom. The lowest BCUT2D eigenvalue weighted by Gasteiger charge is -2.44. The Labute approximate surface area is 210 Å². The third-order valence-electron chi connectivity index (χ3n) is 6.31. The van der Waals surface area contributed by atoms with E-state index in [1.807, 2.05) is 0 Å². The van der Waals surface area contributed by atoms with Crippen LogP contribution in [-0.2, 0) is 27.1 Å². The van der Waals surface area contributed by atoms with E-state index in [2.05, 4.69) is 9.99 Å². The summed E-state index contributed by atoms with van der Waals surface area (Å²) in [6.45, 7) is -1.39. The molecule has 0 radical (unpaired) electrons. The molecule has 0 N–H and O–H groups in total. The van der Waals surface area contributed by atoms with Gasteiger partial charge in [-0.3, -0.25) is 4.79 Å². The van der Waals surface area contributed by atoms with Gasteiger partial charge in [-0.05, 0) is 23.3 Å². The number of rotatable bonds is 4. The first kappa shape index (κ1) is 28.5. The molecule has 2 aliphatic heterocycles. The van der Waals surface area contributed by atoms with Crippen LogP contribution in [0.3, 0.4) is 0 Å². The van der Waals surface area contributed by atoms with Crippen molar-refractivity contribution >= 4 is 11.6 Å². The zero-order valence-corrected chi connectivity index (χ0v) is 19.0. The number of benzene rings is 2. The van der Waals surface area contributed by atoms with Crippen LogP contribution in [0.25, 0.3) is 0 Å². The van der Waals surface area contributed by atoms with Crippen LogP contribution < -0.4 is 0 Å². The van der Waals surface area contributed by atoms with Crippen LogP contribution in [-0.4, -0.2) is 42.0 Å². The fourth-order valence-electron chi connectivity index (χ4n) is 4.25. The highest BCUT2D eigenvalue weighted by molar-refractivity contribution is 6.02. The molecule has 1 atom stereocenters. The number of likely N-dealkylation sites (tertiary alicyclic amines) is 1. The van der Waals surface area contributed by atoms with Gasteiger partial charge >= 0.3 is 18.5 Å². The molecule has 0 saturated carbocycles. The van der Waals surface area contributed by atoms with Crippen LogP contribution in [0.5, 0.6) is 0 Å². The van der Waals surface area contributed by atoms with E-state index in [1.54, 1.807) is 0 Å². The average Bonchev–Trinajstić information content (AvgIpc) is 3.24. The summed E-state index contributed by atoms with van der Waals surface area (Å²) in [5.41, 5.74) is -10.2. The summed E-state index contributed by atoms with van der Waals surface area (Å²) in [5, 5.41) is 3.29.